The van der Waals surface area contributed by atoms with Crippen molar-refractivity contribution in [3.63, 3.8) is 0 Å². The van der Waals surface area contributed by atoms with Crippen LogP contribution in [-0.4, -0.2) is 11.0 Å². The Balaban J connectivity index is 1.79. The van der Waals surface area contributed by atoms with Gasteiger partial charge in [-0.3, -0.25) is 10.1 Å². The molecule has 0 fully saturated rings. The monoisotopic (exact) mass is 366 g/mol. The molecular weight excluding hydrogens is 352 g/mol. The Kier molecular flexibility index (Phi) is 5.43. The van der Waals surface area contributed by atoms with Crippen molar-refractivity contribution in [2.75, 3.05) is 5.32 Å². The number of thiocarbonyl (C=S) groups is 1. The van der Waals surface area contributed by atoms with E-state index < -0.39 is 0 Å². The van der Waals surface area contributed by atoms with Crippen LogP contribution in [0, 0.1) is 0 Å². The maximum absolute atomic E-state index is 12.2. The Labute approximate surface area is 156 Å². The normalized spacial score (nSPS) is 10.1. The molecule has 0 unspecified atom stereocenters. The number of carbonyl (C=O) groups is 1. The lowest BCUT2D eigenvalue weighted by Crippen LogP contribution is -2.34. The first-order chi connectivity index (χ1) is 12.1. The van der Waals surface area contributed by atoms with E-state index in [1.165, 1.54) is 0 Å². The molecule has 3 aromatic rings. The van der Waals surface area contributed by atoms with Crippen LogP contribution in [0.15, 0.2) is 78.9 Å². The highest BCUT2D eigenvalue weighted by atomic mass is 35.5. The van der Waals surface area contributed by atoms with Crippen LogP contribution in [0.25, 0.3) is 11.1 Å². The molecule has 0 saturated heterocycles. The quantitative estimate of drug-likeness (QED) is 0.631. The maximum atomic E-state index is 12.2. The molecule has 0 saturated carbocycles. The van der Waals surface area contributed by atoms with E-state index in [9.17, 15) is 4.79 Å². The zero-order valence-electron chi connectivity index (χ0n) is 13.2. The molecule has 2 N–H and O–H groups in total. The topological polar surface area (TPSA) is 41.1 Å². The number of anilines is 1. The van der Waals surface area contributed by atoms with Gasteiger partial charge >= 0.3 is 0 Å². The van der Waals surface area contributed by atoms with Crippen LogP contribution in [-0.2, 0) is 0 Å². The van der Waals surface area contributed by atoms with Crippen molar-refractivity contribution >= 4 is 40.5 Å². The fourth-order valence-electron chi connectivity index (χ4n) is 2.41. The van der Waals surface area contributed by atoms with Crippen molar-refractivity contribution in [3.05, 3.63) is 89.4 Å². The fraction of sp³-hybridized carbons (Fsp3) is 0. The predicted molar refractivity (Wildman–Crippen MR) is 107 cm³/mol. The van der Waals surface area contributed by atoms with Gasteiger partial charge in [-0.2, -0.15) is 0 Å². The number of halogens is 1. The predicted octanol–water partition coefficient (Wildman–Crippen LogP) is 5.13. The highest BCUT2D eigenvalue weighted by Gasteiger charge is 2.10. The summed E-state index contributed by atoms with van der Waals surface area (Å²) in [5.41, 5.74) is 3.25. The standard InChI is InChI=1S/C20H15ClN2OS/c21-16-11-12-17(14-7-3-1-4-8-14)18(13-16)22-20(25)23-19(24)15-9-5-2-6-10-15/h1-13H,(H2,22,23,24,25). The first kappa shape index (κ1) is 17.1. The highest BCUT2D eigenvalue weighted by Crippen LogP contribution is 2.30. The molecule has 0 aliphatic heterocycles. The molecule has 0 aliphatic carbocycles. The molecule has 0 aromatic heterocycles. The van der Waals surface area contributed by atoms with Gasteiger partial charge in [0, 0.05) is 21.8 Å². The largest absolute Gasteiger partial charge is 0.332 e. The minimum Gasteiger partial charge on any atom is -0.332 e. The van der Waals surface area contributed by atoms with Gasteiger partial charge in [0.25, 0.3) is 5.91 Å². The van der Waals surface area contributed by atoms with Gasteiger partial charge in [0.05, 0.1) is 0 Å². The first-order valence-corrected chi connectivity index (χ1v) is 8.44. The highest BCUT2D eigenvalue weighted by molar-refractivity contribution is 7.80. The summed E-state index contributed by atoms with van der Waals surface area (Å²) in [6, 6.07) is 24.3. The Hall–Kier alpha value is -2.69. The summed E-state index contributed by atoms with van der Waals surface area (Å²) in [5.74, 6) is -0.263. The number of benzene rings is 3. The minimum atomic E-state index is -0.263. The van der Waals surface area contributed by atoms with E-state index in [-0.39, 0.29) is 11.0 Å². The van der Waals surface area contributed by atoms with Gasteiger partial charge < -0.3 is 5.32 Å². The van der Waals surface area contributed by atoms with E-state index in [0.717, 1.165) is 16.8 Å². The van der Waals surface area contributed by atoms with E-state index in [1.807, 2.05) is 48.5 Å². The summed E-state index contributed by atoms with van der Waals surface area (Å²) in [6.45, 7) is 0. The average Bonchev–Trinajstić information content (AvgIpc) is 2.63. The third kappa shape index (κ3) is 4.44. The molecule has 3 nitrogen and oxygen atoms in total. The Morgan fingerprint density at radius 1 is 0.880 bits per heavy atom. The molecule has 0 bridgehead atoms. The molecule has 0 spiro atoms. The lowest BCUT2D eigenvalue weighted by molar-refractivity contribution is 0.0977. The molecule has 1 amide bonds. The molecule has 0 aliphatic rings. The number of carbonyl (C=O) groups excluding carboxylic acids is 1. The summed E-state index contributed by atoms with van der Waals surface area (Å²) in [7, 11) is 0. The van der Waals surface area contributed by atoms with Crippen molar-refractivity contribution < 1.29 is 4.79 Å². The fourth-order valence-corrected chi connectivity index (χ4v) is 2.78. The minimum absolute atomic E-state index is 0.216. The summed E-state index contributed by atoms with van der Waals surface area (Å²) >= 11 is 11.4. The Morgan fingerprint density at radius 2 is 1.52 bits per heavy atom. The second-order valence-electron chi connectivity index (χ2n) is 5.33. The van der Waals surface area contributed by atoms with Crippen LogP contribution in [0.4, 0.5) is 5.69 Å². The van der Waals surface area contributed by atoms with Gasteiger partial charge in [0.2, 0.25) is 0 Å². The van der Waals surface area contributed by atoms with Crippen molar-refractivity contribution in [1.29, 1.82) is 0 Å². The van der Waals surface area contributed by atoms with Crippen molar-refractivity contribution in [2.45, 2.75) is 0 Å². The van der Waals surface area contributed by atoms with Crippen LogP contribution in [0.5, 0.6) is 0 Å². The molecular formula is C20H15ClN2OS. The molecule has 124 valence electrons. The average molecular weight is 367 g/mol. The molecule has 0 atom stereocenters. The second-order valence-corrected chi connectivity index (χ2v) is 6.17. The number of hydrogen-bond donors (Lipinski definition) is 2. The third-order valence-electron chi connectivity index (χ3n) is 3.58. The van der Waals surface area contributed by atoms with Crippen molar-refractivity contribution in [1.82, 2.24) is 5.32 Å². The van der Waals surface area contributed by atoms with E-state index in [4.69, 9.17) is 23.8 Å². The van der Waals surface area contributed by atoms with Crippen LogP contribution in [0.1, 0.15) is 10.4 Å². The molecule has 0 heterocycles. The van der Waals surface area contributed by atoms with E-state index in [2.05, 4.69) is 10.6 Å². The van der Waals surface area contributed by atoms with Gasteiger partial charge in [-0.1, -0.05) is 66.2 Å². The van der Waals surface area contributed by atoms with Gasteiger partial charge in [-0.25, -0.2) is 0 Å². The van der Waals surface area contributed by atoms with Crippen LogP contribution < -0.4 is 10.6 Å². The first-order valence-electron chi connectivity index (χ1n) is 7.66. The van der Waals surface area contributed by atoms with Crippen LogP contribution >= 0.6 is 23.8 Å². The van der Waals surface area contributed by atoms with E-state index in [1.54, 1.807) is 30.3 Å². The lowest BCUT2D eigenvalue weighted by Gasteiger charge is -2.14. The lowest BCUT2D eigenvalue weighted by atomic mass is 10.0. The summed E-state index contributed by atoms with van der Waals surface area (Å²) in [5, 5.41) is 6.55. The molecule has 0 radical (unpaired) electrons. The molecule has 3 rings (SSSR count). The van der Waals surface area contributed by atoms with Gasteiger partial charge in [-0.05, 0) is 42.0 Å². The molecule has 5 heteroatoms. The van der Waals surface area contributed by atoms with Gasteiger partial charge in [0.15, 0.2) is 5.11 Å². The van der Waals surface area contributed by atoms with E-state index in [0.29, 0.717) is 10.6 Å². The van der Waals surface area contributed by atoms with Gasteiger partial charge in [-0.15, -0.1) is 0 Å². The van der Waals surface area contributed by atoms with Crippen LogP contribution in [0.3, 0.4) is 0 Å². The third-order valence-corrected chi connectivity index (χ3v) is 4.02. The molecule has 25 heavy (non-hydrogen) atoms. The Morgan fingerprint density at radius 3 is 2.20 bits per heavy atom. The van der Waals surface area contributed by atoms with Gasteiger partial charge in [0.1, 0.15) is 0 Å². The maximum Gasteiger partial charge on any atom is 0.257 e. The smallest absolute Gasteiger partial charge is 0.257 e. The van der Waals surface area contributed by atoms with Crippen molar-refractivity contribution in [3.8, 4) is 11.1 Å². The van der Waals surface area contributed by atoms with Crippen LogP contribution in [0.2, 0.25) is 5.02 Å². The molecule has 3 aromatic carbocycles. The number of nitrogens with one attached hydrogen (secondary N) is 2. The van der Waals surface area contributed by atoms with E-state index >= 15 is 0 Å². The second kappa shape index (κ2) is 7.92. The summed E-state index contributed by atoms with van der Waals surface area (Å²) in [4.78, 5) is 12.2. The number of rotatable bonds is 3. The summed E-state index contributed by atoms with van der Waals surface area (Å²) in [6.07, 6.45) is 0. The number of amides is 1. The number of hydrogen-bond acceptors (Lipinski definition) is 2. The zero-order chi connectivity index (χ0) is 17.6. The summed E-state index contributed by atoms with van der Waals surface area (Å²) < 4.78 is 0. The SMILES string of the molecule is O=C(NC(=S)Nc1cc(Cl)ccc1-c1ccccc1)c1ccccc1. The van der Waals surface area contributed by atoms with Crippen molar-refractivity contribution in [2.24, 2.45) is 0 Å². The Bertz CT molecular complexity index is 898. The zero-order valence-corrected chi connectivity index (χ0v) is 14.8.